The van der Waals surface area contributed by atoms with Crippen LogP contribution in [0, 0.1) is 10.1 Å². The van der Waals surface area contributed by atoms with Gasteiger partial charge in [0.15, 0.2) is 0 Å². The first-order chi connectivity index (χ1) is 12.7. The van der Waals surface area contributed by atoms with Crippen LogP contribution in [-0.4, -0.2) is 17.5 Å². The number of ether oxygens (including phenoxy) is 1. The molecule has 0 atom stereocenters. The van der Waals surface area contributed by atoms with Crippen LogP contribution in [-0.2, 0) is 10.9 Å². The second-order valence-electron chi connectivity index (χ2n) is 5.68. The molecule has 0 fully saturated rings. The molecule has 0 radical (unpaired) electrons. The summed E-state index contributed by atoms with van der Waals surface area (Å²) >= 11 is 0. The van der Waals surface area contributed by atoms with E-state index in [9.17, 15) is 28.1 Å². The first kappa shape index (κ1) is 20.2. The molecule has 0 saturated carbocycles. The van der Waals surface area contributed by atoms with E-state index in [-0.39, 0.29) is 5.69 Å². The summed E-state index contributed by atoms with van der Waals surface area (Å²) < 4.78 is 43.3. The summed E-state index contributed by atoms with van der Waals surface area (Å²) in [5.41, 5.74) is -1.22. The molecule has 0 saturated heterocycles. The summed E-state index contributed by atoms with van der Waals surface area (Å²) in [6, 6.07) is 8.12. The molecule has 0 aliphatic carbocycles. The van der Waals surface area contributed by atoms with Gasteiger partial charge >= 0.3 is 12.1 Å². The van der Waals surface area contributed by atoms with Crippen molar-refractivity contribution in [2.45, 2.75) is 25.9 Å². The van der Waals surface area contributed by atoms with E-state index in [4.69, 9.17) is 4.74 Å². The minimum atomic E-state index is -4.68. The molecule has 0 aromatic heterocycles. The van der Waals surface area contributed by atoms with Crippen molar-refractivity contribution in [2.24, 2.45) is 0 Å². The predicted molar refractivity (Wildman–Crippen MR) is 93.0 cm³/mol. The van der Waals surface area contributed by atoms with E-state index in [0.717, 1.165) is 25.0 Å². The molecule has 0 unspecified atom stereocenters. The van der Waals surface area contributed by atoms with E-state index >= 15 is 0 Å². The number of nitro benzene ring substituents is 1. The maximum absolute atomic E-state index is 12.7. The summed E-state index contributed by atoms with van der Waals surface area (Å²) in [5, 5.41) is 13.8. The molecule has 0 aliphatic heterocycles. The van der Waals surface area contributed by atoms with Crippen LogP contribution in [0.2, 0.25) is 0 Å². The van der Waals surface area contributed by atoms with Gasteiger partial charge in [0.1, 0.15) is 5.69 Å². The van der Waals surface area contributed by atoms with Crippen LogP contribution in [0.5, 0.6) is 0 Å². The fourth-order valence-electron chi connectivity index (χ4n) is 2.20. The van der Waals surface area contributed by atoms with Gasteiger partial charge in [0.05, 0.1) is 22.7 Å². The van der Waals surface area contributed by atoms with Gasteiger partial charge in [-0.05, 0) is 42.8 Å². The van der Waals surface area contributed by atoms with Crippen molar-refractivity contribution in [3.63, 3.8) is 0 Å². The standard InChI is InChI=1S/C18H17F3N2O4/c1-2-3-10-27-17(24)12-4-7-14(8-5-12)22-15-9-6-13(18(19,20)21)11-16(15)23(25)26/h4-9,11,22H,2-3,10H2,1H3. The number of benzene rings is 2. The molecule has 2 aromatic rings. The molecule has 0 spiro atoms. The molecule has 0 bridgehead atoms. The monoisotopic (exact) mass is 382 g/mol. The SMILES string of the molecule is CCCCOC(=O)c1ccc(Nc2ccc(C(F)(F)F)cc2[N+](=O)[O-])cc1. The molecule has 0 aliphatic rings. The molecule has 2 rings (SSSR count). The van der Waals surface area contributed by atoms with Crippen LogP contribution in [0.15, 0.2) is 42.5 Å². The normalized spacial score (nSPS) is 11.1. The Morgan fingerprint density at radius 1 is 1.19 bits per heavy atom. The van der Waals surface area contributed by atoms with Gasteiger partial charge in [-0.3, -0.25) is 10.1 Å². The minimum absolute atomic E-state index is 0.0914. The number of alkyl halides is 3. The Labute approximate surface area is 153 Å². The number of carbonyl (C=O) groups excluding carboxylic acids is 1. The van der Waals surface area contributed by atoms with Crippen molar-refractivity contribution in [1.29, 1.82) is 0 Å². The van der Waals surface area contributed by atoms with Crippen molar-refractivity contribution in [3.05, 3.63) is 63.7 Å². The van der Waals surface area contributed by atoms with Crippen molar-refractivity contribution in [2.75, 3.05) is 11.9 Å². The van der Waals surface area contributed by atoms with Crippen LogP contribution >= 0.6 is 0 Å². The van der Waals surface area contributed by atoms with Gasteiger partial charge in [0, 0.05) is 11.8 Å². The van der Waals surface area contributed by atoms with E-state index in [1.54, 1.807) is 0 Å². The number of esters is 1. The highest BCUT2D eigenvalue weighted by molar-refractivity contribution is 5.90. The quantitative estimate of drug-likeness (QED) is 0.304. The Morgan fingerprint density at radius 3 is 2.41 bits per heavy atom. The van der Waals surface area contributed by atoms with Gasteiger partial charge in [-0.1, -0.05) is 13.3 Å². The van der Waals surface area contributed by atoms with Crippen molar-refractivity contribution < 1.29 is 27.6 Å². The maximum atomic E-state index is 12.7. The molecule has 9 heteroatoms. The topological polar surface area (TPSA) is 81.5 Å². The second kappa shape index (κ2) is 8.52. The highest BCUT2D eigenvalue weighted by Gasteiger charge is 2.33. The Bertz CT molecular complexity index is 820. The lowest BCUT2D eigenvalue weighted by molar-refractivity contribution is -0.384. The van der Waals surface area contributed by atoms with E-state index in [1.807, 2.05) is 6.92 Å². The molecule has 6 nitrogen and oxygen atoms in total. The first-order valence-electron chi connectivity index (χ1n) is 8.12. The maximum Gasteiger partial charge on any atom is 0.416 e. The molecule has 2 aromatic carbocycles. The average molecular weight is 382 g/mol. The van der Waals surface area contributed by atoms with Gasteiger partial charge < -0.3 is 10.1 Å². The fourth-order valence-corrected chi connectivity index (χ4v) is 2.20. The van der Waals surface area contributed by atoms with Gasteiger partial charge in [-0.25, -0.2) is 4.79 Å². The van der Waals surface area contributed by atoms with Crippen LogP contribution in [0.4, 0.5) is 30.2 Å². The molecule has 144 valence electrons. The second-order valence-corrected chi connectivity index (χ2v) is 5.68. The average Bonchev–Trinajstić information content (AvgIpc) is 2.61. The summed E-state index contributed by atoms with van der Waals surface area (Å²) in [6.45, 7) is 2.28. The van der Waals surface area contributed by atoms with Crippen LogP contribution in [0.25, 0.3) is 0 Å². The highest BCUT2D eigenvalue weighted by atomic mass is 19.4. The van der Waals surface area contributed by atoms with Crippen LogP contribution in [0.1, 0.15) is 35.7 Å². The minimum Gasteiger partial charge on any atom is -0.462 e. The molecule has 27 heavy (non-hydrogen) atoms. The number of rotatable bonds is 7. The number of nitrogens with one attached hydrogen (secondary N) is 1. The summed E-state index contributed by atoms with van der Waals surface area (Å²) in [7, 11) is 0. The van der Waals surface area contributed by atoms with Gasteiger partial charge in [-0.15, -0.1) is 0 Å². The fraction of sp³-hybridized carbons (Fsp3) is 0.278. The third-order valence-electron chi connectivity index (χ3n) is 3.65. The Hall–Kier alpha value is -3.10. The number of halogens is 3. The number of nitrogens with zero attached hydrogens (tertiary/aromatic N) is 1. The summed E-state index contributed by atoms with van der Waals surface area (Å²) in [4.78, 5) is 22.0. The highest BCUT2D eigenvalue weighted by Crippen LogP contribution is 2.36. The number of anilines is 2. The summed E-state index contributed by atoms with van der Waals surface area (Å²) in [6.07, 6.45) is -3.03. The van der Waals surface area contributed by atoms with E-state index < -0.39 is 28.3 Å². The predicted octanol–water partition coefficient (Wildman–Crippen LogP) is 5.31. The molecule has 0 amide bonds. The van der Waals surface area contributed by atoms with E-state index in [2.05, 4.69) is 5.32 Å². The largest absolute Gasteiger partial charge is 0.462 e. The lowest BCUT2D eigenvalue weighted by atomic mass is 10.1. The Kier molecular flexibility index (Phi) is 6.38. The molecular weight excluding hydrogens is 365 g/mol. The molecule has 1 N–H and O–H groups in total. The van der Waals surface area contributed by atoms with E-state index in [0.29, 0.717) is 23.9 Å². The molecular formula is C18H17F3N2O4. The third-order valence-corrected chi connectivity index (χ3v) is 3.65. The zero-order chi connectivity index (χ0) is 20.0. The van der Waals surface area contributed by atoms with Crippen molar-refractivity contribution >= 4 is 23.0 Å². The van der Waals surface area contributed by atoms with Crippen molar-refractivity contribution in [1.82, 2.24) is 0 Å². The van der Waals surface area contributed by atoms with Crippen LogP contribution < -0.4 is 5.32 Å². The van der Waals surface area contributed by atoms with E-state index in [1.165, 1.54) is 24.3 Å². The van der Waals surface area contributed by atoms with Crippen LogP contribution in [0.3, 0.4) is 0 Å². The number of carbonyl (C=O) groups is 1. The zero-order valence-electron chi connectivity index (χ0n) is 14.4. The number of hydrogen-bond acceptors (Lipinski definition) is 5. The number of hydrogen-bond donors (Lipinski definition) is 1. The Balaban J connectivity index is 2.17. The number of nitro groups is 1. The number of unbranched alkanes of at least 4 members (excludes halogenated alkanes) is 1. The third kappa shape index (κ3) is 5.44. The van der Waals surface area contributed by atoms with Gasteiger partial charge in [0.25, 0.3) is 5.69 Å². The van der Waals surface area contributed by atoms with Crippen molar-refractivity contribution in [3.8, 4) is 0 Å². The zero-order valence-corrected chi connectivity index (χ0v) is 14.4. The lowest BCUT2D eigenvalue weighted by Gasteiger charge is -2.11. The lowest BCUT2D eigenvalue weighted by Crippen LogP contribution is -2.07. The smallest absolute Gasteiger partial charge is 0.416 e. The first-order valence-corrected chi connectivity index (χ1v) is 8.12. The van der Waals surface area contributed by atoms with Gasteiger partial charge in [0.2, 0.25) is 0 Å². The summed E-state index contributed by atoms with van der Waals surface area (Å²) in [5.74, 6) is -0.490. The Morgan fingerprint density at radius 2 is 1.85 bits per heavy atom. The van der Waals surface area contributed by atoms with Gasteiger partial charge in [-0.2, -0.15) is 13.2 Å². The molecule has 0 heterocycles.